The van der Waals surface area contributed by atoms with E-state index in [1.54, 1.807) is 0 Å². The number of fused-ring (bicyclic) bond motifs is 1. The first-order valence-electron chi connectivity index (χ1n) is 3.65. The zero-order valence-electron chi connectivity index (χ0n) is 6.73. The number of benzene rings is 1. The van der Waals surface area contributed by atoms with Crippen LogP contribution in [0.3, 0.4) is 0 Å². The van der Waals surface area contributed by atoms with E-state index in [0.29, 0.717) is 10.1 Å². The monoisotopic (exact) mass is 229 g/mol. The summed E-state index contributed by atoms with van der Waals surface area (Å²) in [5.41, 5.74) is -0.0947. The first kappa shape index (κ1) is 9.42. The molecule has 0 saturated carbocycles. The maximum absolute atomic E-state index is 12.8. The van der Waals surface area contributed by atoms with E-state index in [2.05, 4.69) is 12.6 Å². The molecule has 0 aliphatic heterocycles. The minimum Gasteiger partial charge on any atom is -0.258 e. The smallest absolute Gasteiger partial charge is 0.258 e. The van der Waals surface area contributed by atoms with Crippen molar-refractivity contribution in [2.75, 3.05) is 0 Å². The summed E-state index contributed by atoms with van der Waals surface area (Å²) in [4.78, 5) is 10.2. The van der Waals surface area contributed by atoms with Gasteiger partial charge in [-0.15, -0.1) is 24.0 Å². The van der Waals surface area contributed by atoms with Crippen LogP contribution < -0.4 is 0 Å². The second-order valence-electron chi connectivity index (χ2n) is 2.66. The first-order chi connectivity index (χ1) is 6.59. The lowest BCUT2D eigenvalue weighted by Gasteiger charge is -1.96. The molecule has 1 aromatic carbocycles. The van der Waals surface area contributed by atoms with E-state index in [-0.39, 0.29) is 15.7 Å². The molecule has 0 atom stereocenters. The number of thiophene rings is 1. The van der Waals surface area contributed by atoms with Gasteiger partial charge < -0.3 is 0 Å². The van der Waals surface area contributed by atoms with Crippen molar-refractivity contribution in [1.82, 2.24) is 0 Å². The van der Waals surface area contributed by atoms with Crippen molar-refractivity contribution in [3.8, 4) is 0 Å². The topological polar surface area (TPSA) is 43.1 Å². The molecule has 72 valence electrons. The highest BCUT2D eigenvalue weighted by Gasteiger charge is 2.15. The third kappa shape index (κ3) is 1.36. The Labute approximate surface area is 87.7 Å². The molecule has 0 amide bonds. The van der Waals surface area contributed by atoms with Crippen LogP contribution in [0.1, 0.15) is 0 Å². The molecule has 0 unspecified atom stereocenters. The zero-order chi connectivity index (χ0) is 10.3. The molecule has 0 radical (unpaired) electrons. The highest BCUT2D eigenvalue weighted by molar-refractivity contribution is 7.81. The number of nitrogens with zero attached hydrogens (tertiary/aromatic N) is 1. The van der Waals surface area contributed by atoms with Crippen molar-refractivity contribution in [3.63, 3.8) is 0 Å². The summed E-state index contributed by atoms with van der Waals surface area (Å²) in [7, 11) is 0. The van der Waals surface area contributed by atoms with Crippen LogP contribution in [0.5, 0.6) is 0 Å². The van der Waals surface area contributed by atoms with Crippen molar-refractivity contribution in [1.29, 1.82) is 0 Å². The van der Waals surface area contributed by atoms with Crippen molar-refractivity contribution < 1.29 is 9.31 Å². The van der Waals surface area contributed by atoms with Gasteiger partial charge in [-0.3, -0.25) is 10.1 Å². The van der Waals surface area contributed by atoms with Crippen LogP contribution in [0.4, 0.5) is 10.1 Å². The predicted octanol–water partition coefficient (Wildman–Crippen LogP) is 3.24. The minimum absolute atomic E-state index is 0.0947. The lowest BCUT2D eigenvalue weighted by Crippen LogP contribution is -1.88. The van der Waals surface area contributed by atoms with E-state index in [1.807, 2.05) is 0 Å². The van der Waals surface area contributed by atoms with E-state index in [1.165, 1.54) is 18.2 Å². The fourth-order valence-corrected chi connectivity index (χ4v) is 2.44. The Kier molecular flexibility index (Phi) is 2.16. The number of nitro benzene ring substituents is 1. The number of nitro groups is 1. The van der Waals surface area contributed by atoms with Gasteiger partial charge in [-0.05, 0) is 17.5 Å². The second kappa shape index (κ2) is 3.21. The molecule has 0 saturated heterocycles. The van der Waals surface area contributed by atoms with Crippen LogP contribution in [-0.4, -0.2) is 4.92 Å². The lowest BCUT2D eigenvalue weighted by atomic mass is 10.2. The Hall–Kier alpha value is -1.14. The molecule has 0 bridgehead atoms. The van der Waals surface area contributed by atoms with Crippen LogP contribution >= 0.6 is 24.0 Å². The van der Waals surface area contributed by atoms with Crippen molar-refractivity contribution in [2.24, 2.45) is 0 Å². The number of halogens is 1. The molecule has 14 heavy (non-hydrogen) atoms. The molecular formula is C8H4FNO2S2. The first-order valence-corrected chi connectivity index (χ1v) is 4.91. The molecule has 2 aromatic rings. The van der Waals surface area contributed by atoms with Crippen molar-refractivity contribution in [2.45, 2.75) is 4.90 Å². The van der Waals surface area contributed by atoms with Gasteiger partial charge in [0.15, 0.2) is 5.13 Å². The molecule has 1 aromatic heterocycles. The molecule has 2 rings (SSSR count). The van der Waals surface area contributed by atoms with Crippen LogP contribution in [0.25, 0.3) is 10.1 Å². The van der Waals surface area contributed by atoms with Gasteiger partial charge in [0.1, 0.15) is 4.90 Å². The predicted molar refractivity (Wildman–Crippen MR) is 55.7 cm³/mol. The van der Waals surface area contributed by atoms with Crippen molar-refractivity contribution in [3.05, 3.63) is 33.4 Å². The SMILES string of the molecule is O=[N+]([O-])c1ccc2cc(F)sc2c1S. The Morgan fingerprint density at radius 2 is 2.21 bits per heavy atom. The van der Waals surface area contributed by atoms with Gasteiger partial charge in [-0.2, -0.15) is 4.39 Å². The molecule has 0 N–H and O–H groups in total. The number of hydrogen-bond donors (Lipinski definition) is 1. The normalized spacial score (nSPS) is 10.7. The molecule has 0 fully saturated rings. The Morgan fingerprint density at radius 3 is 2.86 bits per heavy atom. The minimum atomic E-state index is -0.528. The highest BCUT2D eigenvalue weighted by atomic mass is 32.1. The molecular weight excluding hydrogens is 225 g/mol. The summed E-state index contributed by atoms with van der Waals surface area (Å²) in [6, 6.07) is 4.19. The summed E-state index contributed by atoms with van der Waals surface area (Å²) in [5.74, 6) is 0. The molecule has 0 spiro atoms. The number of thiol groups is 1. The average molecular weight is 229 g/mol. The summed E-state index contributed by atoms with van der Waals surface area (Å²) in [5, 5.41) is 10.8. The van der Waals surface area contributed by atoms with Crippen LogP contribution in [0.2, 0.25) is 0 Å². The standard InChI is InChI=1S/C8H4FNO2S2/c9-6-3-4-1-2-5(10(11)12)7(13)8(4)14-6/h1-3,13H. The maximum Gasteiger partial charge on any atom is 0.284 e. The molecule has 0 aliphatic carbocycles. The molecule has 1 heterocycles. The van der Waals surface area contributed by atoms with Crippen LogP contribution in [0, 0.1) is 15.2 Å². The third-order valence-corrected chi connectivity index (χ3v) is 3.37. The maximum atomic E-state index is 12.8. The largest absolute Gasteiger partial charge is 0.284 e. The summed E-state index contributed by atoms with van der Waals surface area (Å²) < 4.78 is 13.4. The number of rotatable bonds is 1. The average Bonchev–Trinajstić information content (AvgIpc) is 2.46. The Balaban J connectivity index is 2.80. The third-order valence-electron chi connectivity index (χ3n) is 1.81. The van der Waals surface area contributed by atoms with E-state index >= 15 is 0 Å². The van der Waals surface area contributed by atoms with Gasteiger partial charge in [0, 0.05) is 6.07 Å². The highest BCUT2D eigenvalue weighted by Crippen LogP contribution is 2.35. The van der Waals surface area contributed by atoms with Gasteiger partial charge in [0.2, 0.25) is 0 Å². The summed E-state index contributed by atoms with van der Waals surface area (Å²) in [6.07, 6.45) is 0. The lowest BCUT2D eigenvalue weighted by molar-refractivity contribution is -0.387. The van der Waals surface area contributed by atoms with E-state index in [0.717, 1.165) is 11.3 Å². The van der Waals surface area contributed by atoms with E-state index in [4.69, 9.17) is 0 Å². The van der Waals surface area contributed by atoms with Crippen LogP contribution in [0.15, 0.2) is 23.1 Å². The van der Waals surface area contributed by atoms with Gasteiger partial charge in [0.05, 0.1) is 9.62 Å². The van der Waals surface area contributed by atoms with Crippen molar-refractivity contribution >= 4 is 39.7 Å². The van der Waals surface area contributed by atoms with Gasteiger partial charge in [0.25, 0.3) is 5.69 Å². The van der Waals surface area contributed by atoms with E-state index < -0.39 is 4.92 Å². The Morgan fingerprint density at radius 1 is 1.50 bits per heavy atom. The quantitative estimate of drug-likeness (QED) is 0.463. The summed E-state index contributed by atoms with van der Waals surface area (Å²) in [6.45, 7) is 0. The van der Waals surface area contributed by atoms with E-state index in [9.17, 15) is 14.5 Å². The Bertz CT molecular complexity index is 523. The van der Waals surface area contributed by atoms with Gasteiger partial charge >= 0.3 is 0 Å². The second-order valence-corrected chi connectivity index (χ2v) is 4.11. The molecule has 6 heteroatoms. The number of hydrogen-bond acceptors (Lipinski definition) is 4. The summed E-state index contributed by atoms with van der Waals surface area (Å²) >= 11 is 4.88. The molecule has 3 nitrogen and oxygen atoms in total. The fourth-order valence-electron chi connectivity index (χ4n) is 1.19. The van der Waals surface area contributed by atoms with Crippen LogP contribution in [-0.2, 0) is 0 Å². The molecule has 0 aliphatic rings. The van der Waals surface area contributed by atoms with Gasteiger partial charge in [-0.1, -0.05) is 0 Å². The zero-order valence-corrected chi connectivity index (χ0v) is 8.44. The van der Waals surface area contributed by atoms with Gasteiger partial charge in [-0.25, -0.2) is 0 Å². The fraction of sp³-hybridized carbons (Fsp3) is 0.